The number of aliphatic hydroxyl groups excluding tert-OH is 2. The third kappa shape index (κ3) is 26.1. The average molecular weight is 1360 g/mol. The molecule has 2 saturated heterocycles. The van der Waals surface area contributed by atoms with Crippen molar-refractivity contribution in [3.63, 3.8) is 0 Å². The van der Waals surface area contributed by atoms with Crippen molar-refractivity contribution in [1.82, 2.24) is 50.0 Å². The summed E-state index contributed by atoms with van der Waals surface area (Å²) < 4.78 is 15.0. The average Bonchev–Trinajstić information content (AvgIpc) is 1.56. The molecule has 10 N–H and O–H groups in total. The molecule has 6 heterocycles. The number of amides is 4. The van der Waals surface area contributed by atoms with Crippen LogP contribution in [0.4, 0.5) is 22.7 Å². The Hall–Kier alpha value is -8.40. The van der Waals surface area contributed by atoms with Crippen molar-refractivity contribution in [3.05, 3.63) is 107 Å². The molecule has 4 amide bonds. The van der Waals surface area contributed by atoms with Gasteiger partial charge in [-0.25, -0.2) is 28.9 Å². The number of nitrogens with one attached hydrogen (secondary N) is 6. The highest BCUT2D eigenvalue weighted by atomic mass is 16.5. The van der Waals surface area contributed by atoms with E-state index in [4.69, 9.17) is 39.9 Å². The van der Waals surface area contributed by atoms with E-state index in [0.717, 1.165) is 211 Å². The molecule has 536 valence electrons. The Kier molecular flexibility index (Phi) is 34.6. The molecule has 0 atom stereocenters. The molecule has 2 aliphatic heterocycles. The molecule has 2 aliphatic rings. The number of carboxylic acids is 2. The summed E-state index contributed by atoms with van der Waals surface area (Å²) in [6, 6.07) is 14.6. The number of aliphatic carboxylic acids is 2. The highest BCUT2D eigenvalue weighted by Gasteiger charge is 2.25. The van der Waals surface area contributed by atoms with Gasteiger partial charge >= 0.3 is 11.9 Å². The Balaban J connectivity index is 0.000000278. The second kappa shape index (κ2) is 43.1. The lowest BCUT2D eigenvalue weighted by Gasteiger charge is -2.26. The third-order valence-corrected chi connectivity index (χ3v) is 17.3. The molecular weight excluding hydrogens is 1250 g/mol. The molecule has 0 aliphatic carbocycles. The van der Waals surface area contributed by atoms with E-state index < -0.39 is 11.9 Å². The van der Waals surface area contributed by atoms with Gasteiger partial charge in [0.1, 0.15) is 0 Å². The normalized spacial score (nSPS) is 13.4. The number of unbranched alkanes of at least 4 members (excludes halogenated alkanes) is 8. The lowest BCUT2D eigenvalue weighted by Crippen LogP contribution is -2.30. The van der Waals surface area contributed by atoms with Gasteiger partial charge in [-0.05, 0) is 154 Å². The summed E-state index contributed by atoms with van der Waals surface area (Å²) in [6.45, 7) is 17.1. The topological polar surface area (TPSA) is 342 Å². The number of likely N-dealkylation sites (N-methyl/N-ethyl adjacent to an activating group) is 2. The van der Waals surface area contributed by atoms with E-state index in [1.807, 2.05) is 35.9 Å². The van der Waals surface area contributed by atoms with Crippen LogP contribution in [0.5, 0.6) is 0 Å². The molecule has 2 fully saturated rings. The van der Waals surface area contributed by atoms with Gasteiger partial charge in [-0.2, -0.15) is 10.2 Å². The molecule has 26 nitrogen and oxygen atoms in total. The fourth-order valence-electron chi connectivity index (χ4n) is 11.7. The van der Waals surface area contributed by atoms with Crippen LogP contribution < -0.4 is 31.9 Å². The predicted octanol–water partition coefficient (Wildman–Crippen LogP) is 9.19. The van der Waals surface area contributed by atoms with Crippen LogP contribution in [0.25, 0.3) is 22.1 Å². The van der Waals surface area contributed by atoms with Crippen molar-refractivity contribution in [2.75, 3.05) is 101 Å². The molecule has 26 heteroatoms. The number of rotatable bonds is 38. The van der Waals surface area contributed by atoms with Gasteiger partial charge in [0.05, 0.1) is 47.8 Å². The largest absolute Gasteiger partial charge is 0.478 e. The molecule has 0 radical (unpaired) electrons. The molecule has 6 aromatic rings. The third-order valence-electron chi connectivity index (χ3n) is 17.3. The standard InChI is InChI=1S/2C34H51N7O4.C4H4O4/c2*1-4-30-28(32(38-27-16-21-45-22-17-27)29-24-36-41(5-2)33(29)39-30)23-35-34(44)25-12-14-26(15-13-25)37-31(43)11-9-7-6-8-10-18-40(3)19-20-42;5-3(6)1-2-4(7)8/h2*12-15,24,27,42H,4-11,16-23H2,1-3H3,(H,35,44)(H,37,43)(H,38,39);1-2H,(H,5,6)(H,7,8)/b;;2-1+. The quantitative estimate of drug-likeness (QED) is 0.0127. The number of carbonyl (C=O) groups excluding carboxylic acids is 4. The summed E-state index contributed by atoms with van der Waals surface area (Å²) in [4.78, 5) is 84.6. The van der Waals surface area contributed by atoms with Crippen LogP contribution in [0.2, 0.25) is 0 Å². The second-order valence-electron chi connectivity index (χ2n) is 24.7. The highest BCUT2D eigenvalue weighted by Crippen LogP contribution is 2.33. The van der Waals surface area contributed by atoms with Crippen molar-refractivity contribution < 1.29 is 58.7 Å². The maximum Gasteiger partial charge on any atom is 0.328 e. The van der Waals surface area contributed by atoms with Gasteiger partial charge in [0, 0.05) is 148 Å². The van der Waals surface area contributed by atoms with Crippen LogP contribution in [0, 0.1) is 0 Å². The zero-order chi connectivity index (χ0) is 70.6. The summed E-state index contributed by atoms with van der Waals surface area (Å²) in [6.07, 6.45) is 21.4. The summed E-state index contributed by atoms with van der Waals surface area (Å²) in [5.74, 6) is -2.90. The molecule has 0 bridgehead atoms. The first kappa shape index (κ1) is 78.6. The number of carboxylic acid groups (broad SMARTS) is 2. The van der Waals surface area contributed by atoms with Gasteiger partial charge in [-0.15, -0.1) is 0 Å². The van der Waals surface area contributed by atoms with Crippen LogP contribution in [-0.4, -0.2) is 187 Å². The lowest BCUT2D eigenvalue weighted by molar-refractivity contribution is -0.134. The van der Waals surface area contributed by atoms with E-state index in [9.17, 15) is 28.8 Å². The molecule has 0 spiro atoms. The fourth-order valence-corrected chi connectivity index (χ4v) is 11.7. The number of hydrogen-bond acceptors (Lipinski definition) is 18. The Morgan fingerprint density at radius 2 is 0.878 bits per heavy atom. The number of carbonyl (C=O) groups is 6. The van der Waals surface area contributed by atoms with E-state index >= 15 is 0 Å². The van der Waals surface area contributed by atoms with Crippen molar-refractivity contribution in [2.45, 2.75) is 182 Å². The zero-order valence-electron chi connectivity index (χ0n) is 58.3. The van der Waals surface area contributed by atoms with E-state index in [1.54, 1.807) is 48.5 Å². The Bertz CT molecular complexity index is 3250. The van der Waals surface area contributed by atoms with Gasteiger partial charge < -0.3 is 71.6 Å². The van der Waals surface area contributed by atoms with E-state index in [2.05, 4.69) is 79.6 Å². The number of aryl methyl sites for hydroxylation is 4. The van der Waals surface area contributed by atoms with Gasteiger partial charge in [0.15, 0.2) is 11.3 Å². The minimum absolute atomic E-state index is 0.0131. The second-order valence-corrected chi connectivity index (χ2v) is 24.7. The highest BCUT2D eigenvalue weighted by molar-refractivity contribution is 5.98. The smallest absolute Gasteiger partial charge is 0.328 e. The summed E-state index contributed by atoms with van der Waals surface area (Å²) >= 11 is 0. The van der Waals surface area contributed by atoms with Crippen molar-refractivity contribution in [3.8, 4) is 0 Å². The number of aromatic nitrogens is 6. The molecule has 8 rings (SSSR count). The fraction of sp³-hybridized carbons (Fsp3) is 0.556. The monoisotopic (exact) mass is 1360 g/mol. The van der Waals surface area contributed by atoms with Crippen molar-refractivity contribution in [2.24, 2.45) is 0 Å². The lowest BCUT2D eigenvalue weighted by atomic mass is 10.0. The molecule has 0 saturated carbocycles. The Morgan fingerprint density at radius 3 is 1.21 bits per heavy atom. The van der Waals surface area contributed by atoms with Gasteiger partial charge in [0.2, 0.25) is 11.8 Å². The number of aliphatic hydroxyl groups is 2. The summed E-state index contributed by atoms with van der Waals surface area (Å²) in [7, 11) is 4.04. The molecule has 98 heavy (non-hydrogen) atoms. The van der Waals surface area contributed by atoms with Crippen LogP contribution in [0.3, 0.4) is 0 Å². The minimum Gasteiger partial charge on any atom is -0.478 e. The van der Waals surface area contributed by atoms with Crippen molar-refractivity contribution in [1.29, 1.82) is 0 Å². The summed E-state index contributed by atoms with van der Waals surface area (Å²) in [5, 5.41) is 64.2. The van der Waals surface area contributed by atoms with Crippen LogP contribution in [0.1, 0.15) is 174 Å². The number of benzene rings is 2. The Morgan fingerprint density at radius 1 is 0.520 bits per heavy atom. The van der Waals surface area contributed by atoms with Crippen LogP contribution in [0.15, 0.2) is 73.1 Å². The maximum atomic E-state index is 13.2. The van der Waals surface area contributed by atoms with Crippen LogP contribution in [-0.2, 0) is 67.7 Å². The first-order valence-electron chi connectivity index (χ1n) is 35.0. The van der Waals surface area contributed by atoms with E-state index in [1.165, 1.54) is 0 Å². The van der Waals surface area contributed by atoms with E-state index in [-0.39, 0.29) is 48.9 Å². The van der Waals surface area contributed by atoms with Gasteiger partial charge in [0.25, 0.3) is 11.8 Å². The number of nitrogens with zero attached hydrogens (tertiary/aromatic N) is 8. The first-order valence-corrected chi connectivity index (χ1v) is 35.0. The summed E-state index contributed by atoms with van der Waals surface area (Å²) in [5.41, 5.74) is 9.98. The van der Waals surface area contributed by atoms with Gasteiger partial charge in [-0.3, -0.25) is 19.2 Å². The number of ether oxygens (including phenoxy) is 2. The van der Waals surface area contributed by atoms with Crippen molar-refractivity contribution >= 4 is 80.4 Å². The number of pyridine rings is 2. The van der Waals surface area contributed by atoms with E-state index in [0.29, 0.717) is 73.7 Å². The Labute approximate surface area is 576 Å². The predicted molar refractivity (Wildman–Crippen MR) is 382 cm³/mol. The number of fused-ring (bicyclic) bond motifs is 2. The maximum absolute atomic E-state index is 13.2. The molecule has 2 aromatic carbocycles. The number of anilines is 4. The van der Waals surface area contributed by atoms with Gasteiger partial charge in [-0.1, -0.05) is 52.4 Å². The SMILES string of the molecule is CCc1nc2c(cnn2CC)c(NC2CCOCC2)c1CNC(=O)c1ccc(NC(=O)CCCCCCCN(C)CCO)cc1.CCc1nc2c(cnn2CC)c(NC2CCOCC2)c1CNC(=O)c1ccc(NC(=O)CCCCCCCN(C)CCO)cc1.O=C(O)/C=C/C(=O)O. The minimum atomic E-state index is -1.26. The molecular formula is C72H106N14O12. The van der Waals surface area contributed by atoms with Crippen LogP contribution >= 0.6 is 0 Å². The first-order chi connectivity index (χ1) is 47.5. The zero-order valence-corrected chi connectivity index (χ0v) is 58.3. The number of hydrogen-bond donors (Lipinski definition) is 10. The molecule has 0 unspecified atom stereocenters. The molecule has 4 aromatic heterocycles.